The Balaban J connectivity index is 3.52. The highest BCUT2D eigenvalue weighted by Crippen LogP contribution is 2.25. The van der Waals surface area contributed by atoms with Crippen LogP contribution in [-0.4, -0.2) is 23.8 Å². The summed E-state index contributed by atoms with van der Waals surface area (Å²) in [6.45, 7) is 5.16. The largest absolute Gasteiger partial charge is 0.465 e. The normalized spacial score (nSPS) is 11.7. The first kappa shape index (κ1) is 17.8. The van der Waals surface area contributed by atoms with Crippen molar-refractivity contribution in [1.29, 1.82) is 0 Å². The van der Waals surface area contributed by atoms with Crippen LogP contribution in [0.5, 0.6) is 0 Å². The van der Waals surface area contributed by atoms with E-state index in [-0.39, 0.29) is 28.1 Å². The quantitative estimate of drug-likeness (QED) is 0.164. The molecule has 0 amide bonds. The Morgan fingerprint density at radius 3 is 2.48 bits per heavy atom. The number of nitrogens with two attached hydrogens (primary N) is 1. The summed E-state index contributed by atoms with van der Waals surface area (Å²) >= 11 is 0. The summed E-state index contributed by atoms with van der Waals surface area (Å²) in [5, 5.41) is 10.9. The topological polar surface area (TPSA) is 113 Å². The van der Waals surface area contributed by atoms with E-state index < -0.39 is 16.7 Å². The molecule has 0 unspecified atom stereocenters. The number of rotatable bonds is 6. The molecular weight excluding hydrogens is 300 g/mol. The predicted molar refractivity (Wildman–Crippen MR) is 85.9 cm³/mol. The fraction of sp³-hybridized carbons (Fsp3) is 0.125. The first-order chi connectivity index (χ1) is 10.9. The van der Waals surface area contributed by atoms with Gasteiger partial charge in [-0.15, -0.1) is 0 Å². The molecular formula is C16H16N2O5. The Labute approximate surface area is 132 Å². The van der Waals surface area contributed by atoms with Crippen molar-refractivity contribution in [3.8, 4) is 0 Å². The fourth-order valence-electron chi connectivity index (χ4n) is 1.87. The Hall–Kier alpha value is -3.22. The lowest BCUT2D eigenvalue weighted by molar-refractivity contribution is -0.383. The van der Waals surface area contributed by atoms with Crippen LogP contribution in [-0.2, 0) is 9.53 Å². The number of benzene rings is 1. The molecule has 2 N–H and O–H groups in total. The number of anilines is 1. The van der Waals surface area contributed by atoms with Gasteiger partial charge < -0.3 is 10.5 Å². The van der Waals surface area contributed by atoms with E-state index in [0.29, 0.717) is 0 Å². The average molecular weight is 316 g/mol. The molecule has 0 aliphatic carbocycles. The van der Waals surface area contributed by atoms with Gasteiger partial charge in [0.25, 0.3) is 5.69 Å². The average Bonchev–Trinajstić information content (AvgIpc) is 2.53. The molecule has 120 valence electrons. The van der Waals surface area contributed by atoms with Gasteiger partial charge in [0.05, 0.1) is 17.6 Å². The highest BCUT2D eigenvalue weighted by molar-refractivity contribution is 6.15. The van der Waals surface area contributed by atoms with Crippen molar-refractivity contribution < 1.29 is 19.2 Å². The molecule has 7 heteroatoms. The van der Waals surface area contributed by atoms with Crippen molar-refractivity contribution in [1.82, 2.24) is 0 Å². The molecule has 0 saturated carbocycles. The van der Waals surface area contributed by atoms with Gasteiger partial charge in [0.2, 0.25) is 0 Å². The maximum absolute atomic E-state index is 12.6. The molecule has 0 spiro atoms. The van der Waals surface area contributed by atoms with E-state index in [1.807, 2.05) is 0 Å². The highest BCUT2D eigenvalue weighted by Gasteiger charge is 2.21. The summed E-state index contributed by atoms with van der Waals surface area (Å²) in [6, 6.07) is 3.69. The van der Waals surface area contributed by atoms with E-state index in [9.17, 15) is 19.7 Å². The molecule has 1 rings (SSSR count). The molecule has 23 heavy (non-hydrogen) atoms. The number of nitro groups is 1. The first-order valence-corrected chi connectivity index (χ1v) is 6.53. The van der Waals surface area contributed by atoms with Gasteiger partial charge in [0.15, 0.2) is 5.78 Å². The minimum atomic E-state index is -0.730. The van der Waals surface area contributed by atoms with Crippen LogP contribution >= 0.6 is 0 Å². The van der Waals surface area contributed by atoms with Crippen LogP contribution in [0.25, 0.3) is 0 Å². The van der Waals surface area contributed by atoms with E-state index in [1.165, 1.54) is 31.4 Å². The number of allylic oxidation sites excluding steroid dienone is 3. The molecule has 0 atom stereocenters. The van der Waals surface area contributed by atoms with Crippen molar-refractivity contribution in [3.05, 3.63) is 69.8 Å². The van der Waals surface area contributed by atoms with Gasteiger partial charge in [-0.2, -0.15) is 0 Å². The third-order valence-corrected chi connectivity index (χ3v) is 2.97. The molecule has 1 aromatic carbocycles. The van der Waals surface area contributed by atoms with Crippen molar-refractivity contribution in [2.75, 3.05) is 12.8 Å². The Morgan fingerprint density at radius 2 is 2.00 bits per heavy atom. The number of nitro benzene ring substituents is 1. The number of hydrogen-bond acceptors (Lipinski definition) is 6. The number of nitrogen functional groups attached to an aromatic ring is 1. The van der Waals surface area contributed by atoms with Gasteiger partial charge >= 0.3 is 5.97 Å². The van der Waals surface area contributed by atoms with Crippen LogP contribution in [0.1, 0.15) is 17.3 Å². The molecule has 0 fully saturated rings. The predicted octanol–water partition coefficient (Wildman–Crippen LogP) is 2.59. The summed E-state index contributed by atoms with van der Waals surface area (Å²) in [4.78, 5) is 34.6. The molecule has 0 saturated heterocycles. The zero-order valence-electron chi connectivity index (χ0n) is 12.7. The van der Waals surface area contributed by atoms with Crippen molar-refractivity contribution in [2.24, 2.45) is 0 Å². The number of ketones is 1. The Kier molecular flexibility index (Phi) is 5.96. The molecule has 0 radical (unpaired) electrons. The van der Waals surface area contributed by atoms with Gasteiger partial charge in [-0.3, -0.25) is 14.9 Å². The van der Waals surface area contributed by atoms with Crippen LogP contribution in [0.3, 0.4) is 0 Å². The maximum atomic E-state index is 12.6. The summed E-state index contributed by atoms with van der Waals surface area (Å²) in [5.41, 5.74) is 5.09. The number of methoxy groups -OCH3 is 1. The Bertz CT molecular complexity index is 732. The van der Waals surface area contributed by atoms with Gasteiger partial charge in [-0.1, -0.05) is 24.8 Å². The zero-order chi connectivity index (χ0) is 17.6. The SMILES string of the molecule is C=C/C(C(=O)OC)=C(\C=C/C)C(=O)c1ccc(N)c([N+](=O)[O-])c1. The number of hydrogen-bond donors (Lipinski definition) is 1. The number of ether oxygens (including phenoxy) is 1. The van der Waals surface area contributed by atoms with E-state index in [4.69, 9.17) is 5.73 Å². The number of esters is 1. The lowest BCUT2D eigenvalue weighted by Crippen LogP contribution is -2.12. The fourth-order valence-corrected chi connectivity index (χ4v) is 1.87. The Morgan fingerprint density at radius 1 is 1.35 bits per heavy atom. The summed E-state index contributed by atoms with van der Waals surface area (Å²) in [7, 11) is 1.18. The molecule has 0 aliphatic rings. The number of Topliss-reactive ketones (excluding diaryl/α,β-unsaturated/α-hetero) is 1. The zero-order valence-corrected chi connectivity index (χ0v) is 12.7. The summed E-state index contributed by atoms with van der Waals surface area (Å²) < 4.78 is 4.62. The minimum absolute atomic E-state index is 0.0217. The van der Waals surface area contributed by atoms with E-state index in [0.717, 1.165) is 6.07 Å². The first-order valence-electron chi connectivity index (χ1n) is 6.53. The van der Waals surface area contributed by atoms with Crippen LogP contribution in [0.2, 0.25) is 0 Å². The number of carbonyl (C=O) groups is 2. The number of carbonyl (C=O) groups excluding carboxylic acids is 2. The van der Waals surface area contributed by atoms with Gasteiger partial charge in [0, 0.05) is 17.2 Å². The smallest absolute Gasteiger partial charge is 0.338 e. The summed E-state index contributed by atoms with van der Waals surface area (Å²) in [6.07, 6.45) is 4.18. The van der Waals surface area contributed by atoms with Crippen LogP contribution in [0, 0.1) is 10.1 Å². The van der Waals surface area contributed by atoms with Gasteiger partial charge in [-0.05, 0) is 19.1 Å². The second-order valence-corrected chi connectivity index (χ2v) is 4.38. The van der Waals surface area contributed by atoms with Crippen LogP contribution in [0.15, 0.2) is 54.2 Å². The second-order valence-electron chi connectivity index (χ2n) is 4.38. The molecule has 0 aliphatic heterocycles. The second kappa shape index (κ2) is 7.69. The standard InChI is InChI=1S/C16H16N2O5/c1-4-6-12(11(5-2)16(20)23-3)15(19)10-7-8-13(17)14(9-10)18(21)22/h4-9H,2,17H2,1,3H3/b6-4-,12-11-. The minimum Gasteiger partial charge on any atom is -0.465 e. The van der Waals surface area contributed by atoms with Crippen LogP contribution < -0.4 is 5.73 Å². The van der Waals surface area contributed by atoms with E-state index in [1.54, 1.807) is 13.0 Å². The maximum Gasteiger partial charge on any atom is 0.338 e. The van der Waals surface area contributed by atoms with E-state index in [2.05, 4.69) is 11.3 Å². The third kappa shape index (κ3) is 3.91. The van der Waals surface area contributed by atoms with Gasteiger partial charge in [0.1, 0.15) is 5.69 Å². The van der Waals surface area contributed by atoms with Crippen molar-refractivity contribution >= 4 is 23.1 Å². The van der Waals surface area contributed by atoms with Gasteiger partial charge in [-0.25, -0.2) is 4.79 Å². The third-order valence-electron chi connectivity index (χ3n) is 2.97. The lowest BCUT2D eigenvalue weighted by Gasteiger charge is -2.08. The van der Waals surface area contributed by atoms with Crippen LogP contribution in [0.4, 0.5) is 11.4 Å². The van der Waals surface area contributed by atoms with E-state index >= 15 is 0 Å². The van der Waals surface area contributed by atoms with Crippen molar-refractivity contribution in [2.45, 2.75) is 6.92 Å². The summed E-state index contributed by atoms with van der Waals surface area (Å²) in [5.74, 6) is -1.31. The number of nitrogens with zero attached hydrogens (tertiary/aromatic N) is 1. The molecule has 7 nitrogen and oxygen atoms in total. The lowest BCUT2D eigenvalue weighted by atomic mass is 9.97. The van der Waals surface area contributed by atoms with Crippen molar-refractivity contribution in [3.63, 3.8) is 0 Å². The molecule has 0 aromatic heterocycles. The molecule has 0 heterocycles. The molecule has 1 aromatic rings. The monoisotopic (exact) mass is 316 g/mol. The molecule has 0 bridgehead atoms. The highest BCUT2D eigenvalue weighted by atomic mass is 16.6.